The van der Waals surface area contributed by atoms with Gasteiger partial charge in [0.25, 0.3) is 5.91 Å². The van der Waals surface area contributed by atoms with Crippen molar-refractivity contribution in [2.24, 2.45) is 0 Å². The minimum atomic E-state index is -0.190. The van der Waals surface area contributed by atoms with Crippen molar-refractivity contribution in [3.8, 4) is 0 Å². The molecule has 0 saturated carbocycles. The summed E-state index contributed by atoms with van der Waals surface area (Å²) in [5.74, 6) is -0.190. The Morgan fingerprint density at radius 1 is 1.32 bits per heavy atom. The predicted molar refractivity (Wildman–Crippen MR) is 79.0 cm³/mol. The maximum Gasteiger partial charge on any atom is 0.254 e. The van der Waals surface area contributed by atoms with Crippen LogP contribution >= 0.6 is 23.8 Å². The first-order valence-corrected chi connectivity index (χ1v) is 6.60. The molecule has 1 aromatic carbocycles. The third kappa shape index (κ3) is 3.43. The highest BCUT2D eigenvalue weighted by Crippen LogP contribution is 2.16. The van der Waals surface area contributed by atoms with E-state index in [4.69, 9.17) is 23.8 Å². The highest BCUT2D eigenvalue weighted by atomic mass is 35.5. The molecule has 2 aromatic rings. The molecular formula is C14H13ClN2OS. The number of halogens is 1. The zero-order valence-corrected chi connectivity index (χ0v) is 11.9. The van der Waals surface area contributed by atoms with Gasteiger partial charge in [0.2, 0.25) is 0 Å². The summed E-state index contributed by atoms with van der Waals surface area (Å²) in [5, 5.41) is 3.58. The summed E-state index contributed by atoms with van der Waals surface area (Å²) in [4.78, 5) is 14.9. The summed E-state index contributed by atoms with van der Waals surface area (Å²) >= 11 is 10.9. The highest BCUT2D eigenvalue weighted by molar-refractivity contribution is 7.71. The molecule has 3 nitrogen and oxygen atoms in total. The van der Waals surface area contributed by atoms with E-state index in [2.05, 4.69) is 10.3 Å². The van der Waals surface area contributed by atoms with Gasteiger partial charge in [-0.3, -0.25) is 4.79 Å². The molecule has 1 aromatic heterocycles. The van der Waals surface area contributed by atoms with Gasteiger partial charge in [0.1, 0.15) is 4.64 Å². The predicted octanol–water partition coefficient (Wildman–Crippen LogP) is 3.89. The molecule has 0 aliphatic rings. The standard InChI is InChI=1S/C14H13ClN2OS/c1-9(10-4-6-11(15)7-5-10)17-13(18)12-3-2-8-16-14(12)19/h2-9H,1H3,(H,16,19)(H,17,18). The van der Waals surface area contributed by atoms with E-state index in [0.717, 1.165) is 5.56 Å². The molecule has 1 unspecified atom stereocenters. The first kappa shape index (κ1) is 13.8. The number of amides is 1. The first-order chi connectivity index (χ1) is 9.08. The average molecular weight is 293 g/mol. The number of aromatic nitrogens is 1. The van der Waals surface area contributed by atoms with Gasteiger partial charge in [-0.1, -0.05) is 36.0 Å². The molecule has 0 bridgehead atoms. The molecule has 98 valence electrons. The number of H-pyrrole nitrogens is 1. The van der Waals surface area contributed by atoms with Crippen LogP contribution in [0.3, 0.4) is 0 Å². The van der Waals surface area contributed by atoms with E-state index in [1.165, 1.54) is 0 Å². The van der Waals surface area contributed by atoms with Crippen molar-refractivity contribution >= 4 is 29.7 Å². The summed E-state index contributed by atoms with van der Waals surface area (Å²) < 4.78 is 0.434. The van der Waals surface area contributed by atoms with Crippen LogP contribution in [0.25, 0.3) is 0 Å². The Morgan fingerprint density at radius 2 is 2.00 bits per heavy atom. The Kier molecular flexibility index (Phi) is 4.35. The maximum absolute atomic E-state index is 12.1. The van der Waals surface area contributed by atoms with Gasteiger partial charge in [-0.15, -0.1) is 0 Å². The summed E-state index contributed by atoms with van der Waals surface area (Å²) in [7, 11) is 0. The molecule has 2 N–H and O–H groups in total. The molecule has 0 spiro atoms. The Labute approximate surface area is 121 Å². The van der Waals surface area contributed by atoms with Crippen LogP contribution in [0.15, 0.2) is 42.6 Å². The first-order valence-electron chi connectivity index (χ1n) is 5.82. The lowest BCUT2D eigenvalue weighted by molar-refractivity contribution is 0.0939. The number of benzene rings is 1. The van der Waals surface area contributed by atoms with E-state index < -0.39 is 0 Å². The zero-order valence-electron chi connectivity index (χ0n) is 10.3. The van der Waals surface area contributed by atoms with E-state index in [1.807, 2.05) is 19.1 Å². The molecule has 2 rings (SSSR count). The molecule has 1 atom stereocenters. The van der Waals surface area contributed by atoms with Gasteiger partial charge in [0.15, 0.2) is 0 Å². The van der Waals surface area contributed by atoms with Crippen LogP contribution < -0.4 is 5.32 Å². The van der Waals surface area contributed by atoms with Crippen LogP contribution in [0.4, 0.5) is 0 Å². The molecule has 0 fully saturated rings. The molecule has 0 radical (unpaired) electrons. The van der Waals surface area contributed by atoms with Crippen LogP contribution in [0, 0.1) is 4.64 Å². The molecule has 1 heterocycles. The second-order valence-corrected chi connectivity index (χ2v) is 5.00. The summed E-state index contributed by atoms with van der Waals surface area (Å²) in [6, 6.07) is 10.7. The number of pyridine rings is 1. The maximum atomic E-state index is 12.1. The molecular weight excluding hydrogens is 280 g/mol. The Bertz CT molecular complexity index is 636. The lowest BCUT2D eigenvalue weighted by Crippen LogP contribution is -2.27. The fraction of sp³-hybridized carbons (Fsp3) is 0.143. The largest absolute Gasteiger partial charge is 0.352 e. The quantitative estimate of drug-likeness (QED) is 0.843. The molecule has 0 aliphatic carbocycles. The molecule has 0 aliphatic heterocycles. The van der Waals surface area contributed by atoms with Gasteiger partial charge < -0.3 is 10.3 Å². The Hall–Kier alpha value is -1.65. The van der Waals surface area contributed by atoms with Crippen LogP contribution in [-0.2, 0) is 0 Å². The summed E-state index contributed by atoms with van der Waals surface area (Å²) in [5.41, 5.74) is 1.46. The van der Waals surface area contributed by atoms with Crippen LogP contribution in [0.1, 0.15) is 28.9 Å². The van der Waals surface area contributed by atoms with Crippen molar-refractivity contribution in [2.45, 2.75) is 13.0 Å². The van der Waals surface area contributed by atoms with Crippen molar-refractivity contribution in [1.29, 1.82) is 0 Å². The van der Waals surface area contributed by atoms with Gasteiger partial charge in [0, 0.05) is 11.2 Å². The molecule has 0 saturated heterocycles. The number of nitrogens with one attached hydrogen (secondary N) is 2. The third-order valence-corrected chi connectivity index (χ3v) is 3.37. The van der Waals surface area contributed by atoms with E-state index in [-0.39, 0.29) is 11.9 Å². The van der Waals surface area contributed by atoms with Crippen molar-refractivity contribution < 1.29 is 4.79 Å². The minimum absolute atomic E-state index is 0.112. The second-order valence-electron chi connectivity index (χ2n) is 4.16. The normalized spacial score (nSPS) is 11.9. The smallest absolute Gasteiger partial charge is 0.254 e. The summed E-state index contributed by atoms with van der Waals surface area (Å²) in [6.45, 7) is 1.91. The van der Waals surface area contributed by atoms with Crippen molar-refractivity contribution in [2.75, 3.05) is 0 Å². The van der Waals surface area contributed by atoms with Gasteiger partial charge in [-0.25, -0.2) is 0 Å². The number of carbonyl (C=O) groups excluding carboxylic acids is 1. The van der Waals surface area contributed by atoms with Crippen molar-refractivity contribution in [3.63, 3.8) is 0 Å². The number of rotatable bonds is 3. The third-order valence-electron chi connectivity index (χ3n) is 2.78. The topological polar surface area (TPSA) is 44.9 Å². The van der Waals surface area contributed by atoms with Gasteiger partial charge in [-0.05, 0) is 36.8 Å². The average Bonchev–Trinajstić information content (AvgIpc) is 2.39. The molecule has 19 heavy (non-hydrogen) atoms. The van der Waals surface area contributed by atoms with Crippen LogP contribution in [0.5, 0.6) is 0 Å². The van der Waals surface area contributed by atoms with Crippen LogP contribution in [-0.4, -0.2) is 10.9 Å². The number of hydrogen-bond acceptors (Lipinski definition) is 2. The van der Waals surface area contributed by atoms with Crippen LogP contribution in [0.2, 0.25) is 5.02 Å². The van der Waals surface area contributed by atoms with Crippen molar-refractivity contribution in [1.82, 2.24) is 10.3 Å². The second kappa shape index (κ2) is 5.99. The van der Waals surface area contributed by atoms with E-state index in [0.29, 0.717) is 15.2 Å². The fourth-order valence-corrected chi connectivity index (χ4v) is 2.06. The Morgan fingerprint density at radius 3 is 2.63 bits per heavy atom. The molecule has 1 amide bonds. The number of carbonyl (C=O) groups is 1. The van der Waals surface area contributed by atoms with E-state index >= 15 is 0 Å². The SMILES string of the molecule is CC(NC(=O)c1ccc[nH]c1=S)c1ccc(Cl)cc1. The lowest BCUT2D eigenvalue weighted by Gasteiger charge is -2.14. The lowest BCUT2D eigenvalue weighted by atomic mass is 10.1. The highest BCUT2D eigenvalue weighted by Gasteiger charge is 2.12. The van der Waals surface area contributed by atoms with Gasteiger partial charge in [-0.2, -0.15) is 0 Å². The fourth-order valence-electron chi connectivity index (χ4n) is 1.71. The van der Waals surface area contributed by atoms with Gasteiger partial charge >= 0.3 is 0 Å². The van der Waals surface area contributed by atoms with E-state index in [1.54, 1.807) is 30.5 Å². The number of aromatic amines is 1. The number of hydrogen-bond donors (Lipinski definition) is 2. The zero-order chi connectivity index (χ0) is 13.8. The molecule has 5 heteroatoms. The van der Waals surface area contributed by atoms with Crippen molar-refractivity contribution in [3.05, 3.63) is 63.4 Å². The minimum Gasteiger partial charge on any atom is -0.352 e. The monoisotopic (exact) mass is 292 g/mol. The summed E-state index contributed by atoms with van der Waals surface area (Å²) in [6.07, 6.45) is 1.70. The van der Waals surface area contributed by atoms with Gasteiger partial charge in [0.05, 0.1) is 11.6 Å². The van der Waals surface area contributed by atoms with E-state index in [9.17, 15) is 4.79 Å². The Balaban J connectivity index is 2.13.